The quantitative estimate of drug-likeness (QED) is 0.278. The van der Waals surface area contributed by atoms with Crippen LogP contribution in [-0.4, -0.2) is 41.1 Å². The number of carboxylic acids is 1. The molecule has 0 aromatic heterocycles. The lowest BCUT2D eigenvalue weighted by Crippen LogP contribution is -2.32. The molecule has 0 radical (unpaired) electrons. The molecule has 2 aliphatic rings. The number of carbonyl (C=O) groups is 2. The molecule has 1 atom stereocenters. The van der Waals surface area contributed by atoms with Crippen LogP contribution in [0.2, 0.25) is 0 Å². The molecule has 1 saturated carbocycles. The normalized spacial score (nSPS) is 16.5. The third-order valence-electron chi connectivity index (χ3n) is 6.92. The van der Waals surface area contributed by atoms with Crippen molar-refractivity contribution in [3.8, 4) is 5.75 Å². The number of allylic oxidation sites excluding steroid dienone is 1. The molecule has 2 fully saturated rings. The van der Waals surface area contributed by atoms with Crippen molar-refractivity contribution in [1.82, 2.24) is 4.90 Å². The molecule has 38 heavy (non-hydrogen) atoms. The zero-order valence-electron chi connectivity index (χ0n) is 21.0. The van der Waals surface area contributed by atoms with Crippen LogP contribution in [0.25, 0.3) is 0 Å². The average Bonchev–Trinajstić information content (AvgIpc) is 3.34. The number of halogens is 1. The van der Waals surface area contributed by atoms with Gasteiger partial charge in [-0.25, -0.2) is 4.79 Å². The van der Waals surface area contributed by atoms with Gasteiger partial charge in [0.1, 0.15) is 17.7 Å². The third-order valence-corrected chi connectivity index (χ3v) is 7.62. The highest BCUT2D eigenvalue weighted by Crippen LogP contribution is 2.32. The summed E-state index contributed by atoms with van der Waals surface area (Å²) in [6.07, 6.45) is 4.36. The first kappa shape index (κ1) is 25.9. The number of anilines is 2. The molecule has 1 aliphatic heterocycles. The van der Waals surface area contributed by atoms with E-state index in [4.69, 9.17) is 9.84 Å². The average molecular weight is 576 g/mol. The predicted octanol–water partition coefficient (Wildman–Crippen LogP) is 6.29. The van der Waals surface area contributed by atoms with Crippen LogP contribution in [0.3, 0.4) is 0 Å². The van der Waals surface area contributed by atoms with Gasteiger partial charge in [0.15, 0.2) is 0 Å². The molecule has 0 spiro atoms. The summed E-state index contributed by atoms with van der Waals surface area (Å²) in [5, 5.41) is 16.1. The van der Waals surface area contributed by atoms with E-state index >= 15 is 0 Å². The molecule has 7 nitrogen and oxygen atoms in total. The summed E-state index contributed by atoms with van der Waals surface area (Å²) in [7, 11) is 0. The maximum atomic E-state index is 12.9. The van der Waals surface area contributed by atoms with Gasteiger partial charge in [-0.15, -0.1) is 0 Å². The van der Waals surface area contributed by atoms with Gasteiger partial charge in [0.05, 0.1) is 24.2 Å². The Kier molecular flexibility index (Phi) is 7.98. The second kappa shape index (κ2) is 11.7. The number of amides is 1. The summed E-state index contributed by atoms with van der Waals surface area (Å²) < 4.78 is 6.98. The van der Waals surface area contributed by atoms with Gasteiger partial charge in [0.25, 0.3) is 0 Å². The molecule has 1 unspecified atom stereocenters. The topological polar surface area (TPSA) is 90.9 Å². The van der Waals surface area contributed by atoms with Crippen LogP contribution in [0.15, 0.2) is 88.7 Å². The first-order chi connectivity index (χ1) is 18.4. The molecule has 196 valence electrons. The number of carbonyl (C=O) groups excluding carboxylic acids is 1. The first-order valence-electron chi connectivity index (χ1n) is 12.8. The van der Waals surface area contributed by atoms with Crippen molar-refractivity contribution < 1.29 is 19.4 Å². The van der Waals surface area contributed by atoms with Crippen LogP contribution in [0.5, 0.6) is 5.75 Å². The highest BCUT2D eigenvalue weighted by atomic mass is 79.9. The van der Waals surface area contributed by atoms with E-state index in [1.54, 1.807) is 12.1 Å². The summed E-state index contributed by atoms with van der Waals surface area (Å²) in [5.74, 6) is 0.743. The minimum absolute atomic E-state index is 0.0749. The van der Waals surface area contributed by atoms with E-state index in [-0.39, 0.29) is 17.6 Å². The van der Waals surface area contributed by atoms with Crippen molar-refractivity contribution in [3.63, 3.8) is 0 Å². The molecule has 3 aromatic rings. The van der Waals surface area contributed by atoms with Crippen LogP contribution in [0.1, 0.15) is 41.6 Å². The highest BCUT2D eigenvalue weighted by Gasteiger charge is 2.27. The molecule has 8 heteroatoms. The van der Waals surface area contributed by atoms with E-state index in [2.05, 4.69) is 26.6 Å². The lowest BCUT2D eigenvalue weighted by molar-refractivity contribution is -0.129. The Balaban J connectivity index is 1.14. The van der Waals surface area contributed by atoms with Crippen molar-refractivity contribution in [2.45, 2.75) is 38.2 Å². The fourth-order valence-electron chi connectivity index (χ4n) is 4.56. The lowest BCUT2D eigenvalue weighted by atomic mass is 9.92. The second-order valence-electron chi connectivity index (χ2n) is 9.63. The monoisotopic (exact) mass is 575 g/mol. The fraction of sp³-hybridized carbons (Fsp3) is 0.267. The molecule has 1 aliphatic carbocycles. The number of nitrogens with one attached hydrogen (secondary N) is 2. The minimum atomic E-state index is -0.967. The summed E-state index contributed by atoms with van der Waals surface area (Å²) in [4.78, 5) is 25.8. The summed E-state index contributed by atoms with van der Waals surface area (Å²) >= 11 is 3.61. The predicted molar refractivity (Wildman–Crippen MR) is 151 cm³/mol. The van der Waals surface area contributed by atoms with Gasteiger partial charge in [-0.05, 0) is 94.9 Å². The molecule has 1 amide bonds. The van der Waals surface area contributed by atoms with E-state index < -0.39 is 5.97 Å². The van der Waals surface area contributed by atoms with E-state index in [0.29, 0.717) is 25.3 Å². The van der Waals surface area contributed by atoms with Crippen molar-refractivity contribution >= 4 is 39.2 Å². The molecular weight excluding hydrogens is 546 g/mol. The van der Waals surface area contributed by atoms with Gasteiger partial charge in [0, 0.05) is 23.1 Å². The number of hydrogen-bond donors (Lipinski definition) is 3. The number of hydrogen-bond acceptors (Lipinski definition) is 5. The summed E-state index contributed by atoms with van der Waals surface area (Å²) in [5.41, 5.74) is 4.55. The number of rotatable bonds is 9. The zero-order chi connectivity index (χ0) is 26.5. The van der Waals surface area contributed by atoms with E-state index in [9.17, 15) is 9.59 Å². The standard InChI is InChI=1S/C30H30BrN3O4/c31-26-6-1-2-7-27(26)33-29(21-4-3-5-21)32-23-12-8-20(9-13-23)18-28(35)34-17-16-25(19-34)38-24-14-10-22(11-15-24)30(36)37/h1-2,6-15,25,32-33H,3-5,16-19H2,(H,36,37). The Hall–Kier alpha value is -3.78. The second-order valence-corrected chi connectivity index (χ2v) is 10.5. The Morgan fingerprint density at radius 1 is 0.974 bits per heavy atom. The summed E-state index contributed by atoms with van der Waals surface area (Å²) in [6.45, 7) is 1.17. The molecule has 1 heterocycles. The van der Waals surface area contributed by atoms with E-state index in [1.807, 2.05) is 53.4 Å². The van der Waals surface area contributed by atoms with E-state index in [1.165, 1.54) is 24.1 Å². The van der Waals surface area contributed by atoms with Gasteiger partial charge in [0.2, 0.25) is 5.91 Å². The van der Waals surface area contributed by atoms with Gasteiger partial charge < -0.3 is 25.4 Å². The fourth-order valence-corrected chi connectivity index (χ4v) is 4.95. The van der Waals surface area contributed by atoms with E-state index in [0.717, 1.165) is 46.5 Å². The van der Waals surface area contributed by atoms with Crippen LogP contribution < -0.4 is 15.4 Å². The maximum absolute atomic E-state index is 12.9. The maximum Gasteiger partial charge on any atom is 0.335 e. The number of ether oxygens (including phenoxy) is 1. The largest absolute Gasteiger partial charge is 0.489 e. The number of aromatic carboxylic acids is 1. The molecule has 3 N–H and O–H groups in total. The Bertz CT molecular complexity index is 1330. The number of para-hydroxylation sites is 1. The van der Waals surface area contributed by atoms with Gasteiger partial charge in [-0.1, -0.05) is 24.3 Å². The van der Waals surface area contributed by atoms with Gasteiger partial charge in [-0.3, -0.25) is 4.79 Å². The number of nitrogens with zero attached hydrogens (tertiary/aromatic N) is 1. The Morgan fingerprint density at radius 2 is 1.71 bits per heavy atom. The van der Waals surface area contributed by atoms with Crippen molar-refractivity contribution in [3.05, 3.63) is 99.8 Å². The first-order valence-corrected chi connectivity index (χ1v) is 13.6. The molecule has 0 bridgehead atoms. The highest BCUT2D eigenvalue weighted by molar-refractivity contribution is 9.10. The molecular formula is C30H30BrN3O4. The molecule has 5 rings (SSSR count). The van der Waals surface area contributed by atoms with Crippen LogP contribution in [-0.2, 0) is 11.2 Å². The minimum Gasteiger partial charge on any atom is -0.489 e. The van der Waals surface area contributed by atoms with Crippen molar-refractivity contribution in [1.29, 1.82) is 0 Å². The number of carboxylic acid groups (broad SMARTS) is 1. The van der Waals surface area contributed by atoms with Crippen molar-refractivity contribution in [2.24, 2.45) is 0 Å². The van der Waals surface area contributed by atoms with Crippen LogP contribution in [0, 0.1) is 0 Å². The number of benzene rings is 3. The Morgan fingerprint density at radius 3 is 2.37 bits per heavy atom. The SMILES string of the molecule is O=C(O)c1ccc(OC2CCN(C(=O)Cc3ccc(NC(Nc4ccccc4Br)=C4CCC4)cc3)C2)cc1. The van der Waals surface area contributed by atoms with Crippen molar-refractivity contribution in [2.75, 3.05) is 23.7 Å². The Labute approximate surface area is 230 Å². The molecule has 1 saturated heterocycles. The number of likely N-dealkylation sites (tertiary alicyclic amines) is 1. The van der Waals surface area contributed by atoms with Gasteiger partial charge >= 0.3 is 5.97 Å². The third kappa shape index (κ3) is 6.37. The van der Waals surface area contributed by atoms with Crippen LogP contribution in [0.4, 0.5) is 11.4 Å². The lowest BCUT2D eigenvalue weighted by Gasteiger charge is -2.25. The smallest absolute Gasteiger partial charge is 0.335 e. The van der Waals surface area contributed by atoms with Gasteiger partial charge in [-0.2, -0.15) is 0 Å². The van der Waals surface area contributed by atoms with Crippen LogP contribution >= 0.6 is 15.9 Å². The zero-order valence-corrected chi connectivity index (χ0v) is 22.5. The molecule has 3 aromatic carbocycles. The summed E-state index contributed by atoms with van der Waals surface area (Å²) in [6, 6.07) is 22.4.